The first-order chi connectivity index (χ1) is 18.5. The number of benzene rings is 2. The lowest BCUT2D eigenvalue weighted by Crippen LogP contribution is -2.44. The molecule has 4 N–H and O–H groups in total. The van der Waals surface area contributed by atoms with Gasteiger partial charge in [-0.25, -0.2) is 14.4 Å². The number of rotatable bonds is 15. The number of hydrogen-bond acceptors (Lipinski definition) is 4. The van der Waals surface area contributed by atoms with Gasteiger partial charge in [-0.3, -0.25) is 0 Å². The minimum Gasteiger partial charge on any atom is -0.465 e. The molecule has 0 spiro atoms. The van der Waals surface area contributed by atoms with Crippen molar-refractivity contribution in [1.29, 1.82) is 0 Å². The molecule has 0 aliphatic rings. The zero-order valence-electron chi connectivity index (χ0n) is 23.3. The van der Waals surface area contributed by atoms with E-state index in [2.05, 4.69) is 34.9 Å². The number of carboxylic acid groups (broad SMARTS) is 2. The van der Waals surface area contributed by atoms with E-state index in [-0.39, 0.29) is 12.5 Å². The standard InChI is InChI=1S/C30H43N3O6/c1-30(2,3)39-29(38)33(20-10-15-26(32-28(36)37)21-31-27(34)35)22-25(18-16-23-11-6-4-7-12-23)19-17-24-13-8-5-9-14-24/h4-9,11-14,25-26,31-32H,10,15-22H2,1-3H3,(H,34,35)(H,36,37)/t26-/m0/s1. The number of ether oxygens (including phenoxy) is 1. The molecule has 1 atom stereocenters. The van der Waals surface area contributed by atoms with E-state index in [4.69, 9.17) is 14.9 Å². The smallest absolute Gasteiger partial charge is 0.410 e. The summed E-state index contributed by atoms with van der Waals surface area (Å²) in [4.78, 5) is 37.0. The van der Waals surface area contributed by atoms with Gasteiger partial charge in [0, 0.05) is 25.7 Å². The van der Waals surface area contributed by atoms with Crippen molar-refractivity contribution in [2.24, 2.45) is 5.92 Å². The Labute approximate surface area is 231 Å². The number of carbonyl (C=O) groups is 3. The maximum Gasteiger partial charge on any atom is 0.410 e. The fraction of sp³-hybridized carbons (Fsp3) is 0.500. The molecule has 0 saturated heterocycles. The molecule has 39 heavy (non-hydrogen) atoms. The molecule has 0 fully saturated rings. The SMILES string of the molecule is CC(C)(C)OC(=O)N(CCC[C@@H](CNC(=O)O)NC(=O)O)CC(CCc1ccccc1)CCc1ccccc1. The molecular formula is C30H43N3O6. The normalized spacial score (nSPS) is 12.0. The molecule has 3 amide bonds. The van der Waals surface area contributed by atoms with Crippen molar-refractivity contribution >= 4 is 18.3 Å². The lowest BCUT2D eigenvalue weighted by Gasteiger charge is -2.31. The highest BCUT2D eigenvalue weighted by atomic mass is 16.6. The first-order valence-electron chi connectivity index (χ1n) is 13.5. The van der Waals surface area contributed by atoms with E-state index in [1.165, 1.54) is 11.1 Å². The molecule has 0 aliphatic heterocycles. The first kappa shape index (κ1) is 31.5. The molecule has 0 aromatic heterocycles. The zero-order valence-corrected chi connectivity index (χ0v) is 23.3. The maximum absolute atomic E-state index is 13.2. The predicted octanol–water partition coefficient (Wildman–Crippen LogP) is 5.79. The minimum atomic E-state index is -1.22. The Balaban J connectivity index is 2.12. The molecule has 0 bridgehead atoms. The van der Waals surface area contributed by atoms with E-state index >= 15 is 0 Å². The van der Waals surface area contributed by atoms with Gasteiger partial charge in [-0.15, -0.1) is 0 Å². The van der Waals surface area contributed by atoms with Gasteiger partial charge >= 0.3 is 18.3 Å². The van der Waals surface area contributed by atoms with Gasteiger partial charge in [-0.1, -0.05) is 60.7 Å². The Hall–Kier alpha value is -3.75. The fourth-order valence-electron chi connectivity index (χ4n) is 4.39. The highest BCUT2D eigenvalue weighted by Crippen LogP contribution is 2.20. The summed E-state index contributed by atoms with van der Waals surface area (Å²) >= 11 is 0. The third kappa shape index (κ3) is 14.1. The summed E-state index contributed by atoms with van der Waals surface area (Å²) < 4.78 is 5.71. The van der Waals surface area contributed by atoms with Crippen LogP contribution in [0, 0.1) is 5.92 Å². The molecule has 2 aromatic rings. The van der Waals surface area contributed by atoms with E-state index < -0.39 is 29.9 Å². The van der Waals surface area contributed by atoms with E-state index in [0.717, 1.165) is 25.7 Å². The van der Waals surface area contributed by atoms with E-state index in [0.29, 0.717) is 25.9 Å². The van der Waals surface area contributed by atoms with Crippen molar-refractivity contribution in [3.8, 4) is 0 Å². The van der Waals surface area contributed by atoms with E-state index in [1.54, 1.807) is 4.90 Å². The summed E-state index contributed by atoms with van der Waals surface area (Å²) in [5.74, 6) is 0.222. The summed E-state index contributed by atoms with van der Waals surface area (Å²) in [6.45, 7) is 6.32. The van der Waals surface area contributed by atoms with Crippen LogP contribution in [0.25, 0.3) is 0 Å². The second-order valence-corrected chi connectivity index (χ2v) is 10.8. The monoisotopic (exact) mass is 541 g/mol. The number of nitrogens with one attached hydrogen (secondary N) is 2. The molecule has 9 nitrogen and oxygen atoms in total. The number of hydrogen-bond donors (Lipinski definition) is 4. The summed E-state index contributed by atoms with van der Waals surface area (Å²) in [7, 11) is 0. The number of nitrogens with zero attached hydrogens (tertiary/aromatic N) is 1. The van der Waals surface area contributed by atoms with Crippen LogP contribution in [0.1, 0.15) is 57.6 Å². The lowest BCUT2D eigenvalue weighted by molar-refractivity contribution is 0.0210. The van der Waals surface area contributed by atoms with Crippen LogP contribution in [0.5, 0.6) is 0 Å². The maximum atomic E-state index is 13.2. The molecule has 0 radical (unpaired) electrons. The van der Waals surface area contributed by atoms with Crippen LogP contribution >= 0.6 is 0 Å². The second-order valence-electron chi connectivity index (χ2n) is 10.8. The summed E-state index contributed by atoms with van der Waals surface area (Å²) in [5, 5.41) is 22.6. The highest BCUT2D eigenvalue weighted by Gasteiger charge is 2.25. The average Bonchev–Trinajstić information content (AvgIpc) is 2.87. The van der Waals surface area contributed by atoms with E-state index in [9.17, 15) is 14.4 Å². The van der Waals surface area contributed by atoms with Crippen molar-refractivity contribution in [1.82, 2.24) is 15.5 Å². The van der Waals surface area contributed by atoms with Crippen molar-refractivity contribution in [2.45, 2.75) is 70.9 Å². The van der Waals surface area contributed by atoms with Gasteiger partial charge in [0.1, 0.15) is 5.60 Å². The molecule has 9 heteroatoms. The van der Waals surface area contributed by atoms with Gasteiger partial charge in [0.15, 0.2) is 0 Å². The van der Waals surface area contributed by atoms with Crippen LogP contribution in [0.4, 0.5) is 14.4 Å². The third-order valence-electron chi connectivity index (χ3n) is 6.31. The summed E-state index contributed by atoms with van der Waals surface area (Å²) in [6, 6.07) is 20.0. The molecule has 0 saturated carbocycles. The quantitative estimate of drug-likeness (QED) is 0.226. The fourth-order valence-corrected chi connectivity index (χ4v) is 4.39. The summed E-state index contributed by atoms with van der Waals surface area (Å²) in [6.07, 6.45) is 1.60. The Morgan fingerprint density at radius 1 is 0.846 bits per heavy atom. The molecule has 214 valence electrons. The molecule has 0 heterocycles. The van der Waals surface area contributed by atoms with Crippen molar-refractivity contribution in [3.05, 3.63) is 71.8 Å². The molecular weight excluding hydrogens is 498 g/mol. The molecule has 2 aromatic carbocycles. The average molecular weight is 542 g/mol. The van der Waals surface area contributed by atoms with Crippen LogP contribution in [-0.2, 0) is 17.6 Å². The number of amides is 3. The van der Waals surface area contributed by atoms with Crippen molar-refractivity contribution in [3.63, 3.8) is 0 Å². The van der Waals surface area contributed by atoms with Gasteiger partial charge in [-0.05, 0) is 76.3 Å². The Morgan fingerprint density at radius 2 is 1.38 bits per heavy atom. The largest absolute Gasteiger partial charge is 0.465 e. The lowest BCUT2D eigenvalue weighted by atomic mass is 9.92. The second kappa shape index (κ2) is 16.3. The number of carbonyl (C=O) groups excluding carboxylic acids is 1. The Kier molecular flexibility index (Phi) is 13.1. The van der Waals surface area contributed by atoms with Crippen molar-refractivity contribution in [2.75, 3.05) is 19.6 Å². The van der Waals surface area contributed by atoms with Crippen LogP contribution < -0.4 is 10.6 Å². The Bertz CT molecular complexity index is 967. The van der Waals surface area contributed by atoms with Gasteiger partial charge < -0.3 is 30.5 Å². The van der Waals surface area contributed by atoms with E-state index in [1.807, 2.05) is 57.2 Å². The van der Waals surface area contributed by atoms with Gasteiger partial charge in [0.05, 0.1) is 0 Å². The van der Waals surface area contributed by atoms with Gasteiger partial charge in [-0.2, -0.15) is 0 Å². The third-order valence-corrected chi connectivity index (χ3v) is 6.31. The van der Waals surface area contributed by atoms with Crippen LogP contribution in [-0.4, -0.2) is 64.7 Å². The Morgan fingerprint density at radius 3 is 1.85 bits per heavy atom. The molecule has 0 unspecified atom stereocenters. The van der Waals surface area contributed by atoms with Crippen LogP contribution in [0.2, 0.25) is 0 Å². The first-order valence-corrected chi connectivity index (χ1v) is 13.5. The topological polar surface area (TPSA) is 128 Å². The summed E-state index contributed by atoms with van der Waals surface area (Å²) in [5.41, 5.74) is 1.84. The van der Waals surface area contributed by atoms with Crippen LogP contribution in [0.3, 0.4) is 0 Å². The molecule has 2 rings (SSSR count). The minimum absolute atomic E-state index is 0.0507. The van der Waals surface area contributed by atoms with Crippen LogP contribution in [0.15, 0.2) is 60.7 Å². The highest BCUT2D eigenvalue weighted by molar-refractivity contribution is 5.68. The van der Waals surface area contributed by atoms with Gasteiger partial charge in [0.2, 0.25) is 0 Å². The molecule has 0 aliphatic carbocycles. The van der Waals surface area contributed by atoms with Gasteiger partial charge in [0.25, 0.3) is 0 Å². The van der Waals surface area contributed by atoms with Crippen molar-refractivity contribution < 1.29 is 29.3 Å². The zero-order chi connectivity index (χ0) is 28.7. The predicted molar refractivity (Wildman–Crippen MR) is 151 cm³/mol. The number of aryl methyl sites for hydroxylation is 2.